The number of non-ortho nitro benzene ring substituents is 1. The molecule has 1 amide bonds. The van der Waals surface area contributed by atoms with Gasteiger partial charge in [-0.1, -0.05) is 6.07 Å². The van der Waals surface area contributed by atoms with Crippen LogP contribution in [0.2, 0.25) is 0 Å². The van der Waals surface area contributed by atoms with Crippen molar-refractivity contribution in [1.29, 1.82) is 0 Å². The normalized spacial score (nSPS) is 9.73. The second-order valence-electron chi connectivity index (χ2n) is 2.86. The molecule has 0 atom stereocenters. The molecule has 0 aliphatic heterocycles. The predicted molar refractivity (Wildman–Crippen MR) is 57.2 cm³/mol. The number of nitro groups is 1. The molecule has 1 rings (SSSR count). The van der Waals surface area contributed by atoms with Crippen LogP contribution in [-0.2, 0) is 4.79 Å². The minimum absolute atomic E-state index is 0.0540. The zero-order valence-electron chi connectivity index (χ0n) is 8.01. The van der Waals surface area contributed by atoms with E-state index in [-0.39, 0.29) is 17.5 Å². The van der Waals surface area contributed by atoms with Gasteiger partial charge in [0.05, 0.1) is 10.6 Å². The second kappa shape index (κ2) is 4.75. The zero-order valence-corrected chi connectivity index (χ0v) is 8.77. The van der Waals surface area contributed by atoms with E-state index in [9.17, 15) is 14.9 Å². The maximum atomic E-state index is 11.2. The van der Waals surface area contributed by atoms with Crippen LogP contribution in [0.1, 0.15) is 0 Å². The summed E-state index contributed by atoms with van der Waals surface area (Å²) in [6.45, 7) is 0. The highest BCUT2D eigenvalue weighted by atomic mass is 35.5. The number of rotatable bonds is 3. The van der Waals surface area contributed by atoms with Crippen molar-refractivity contribution < 1.29 is 9.72 Å². The van der Waals surface area contributed by atoms with Gasteiger partial charge in [0.1, 0.15) is 5.88 Å². The van der Waals surface area contributed by atoms with Gasteiger partial charge >= 0.3 is 0 Å². The Bertz CT molecular complexity index is 395. The number of amides is 1. The molecular formula is C9H9ClN2O3. The van der Waals surface area contributed by atoms with E-state index < -0.39 is 4.92 Å². The van der Waals surface area contributed by atoms with Crippen molar-refractivity contribution >= 4 is 28.9 Å². The van der Waals surface area contributed by atoms with Crippen LogP contribution in [0.4, 0.5) is 11.4 Å². The zero-order chi connectivity index (χ0) is 11.4. The number of alkyl halides is 1. The highest BCUT2D eigenvalue weighted by Gasteiger charge is 2.12. The first-order valence-corrected chi connectivity index (χ1v) is 4.66. The summed E-state index contributed by atoms with van der Waals surface area (Å²) in [7, 11) is 1.52. The lowest BCUT2D eigenvalue weighted by Gasteiger charge is -2.15. The molecule has 0 radical (unpaired) electrons. The van der Waals surface area contributed by atoms with Crippen LogP contribution < -0.4 is 4.90 Å². The van der Waals surface area contributed by atoms with Gasteiger partial charge in [-0.25, -0.2) is 0 Å². The van der Waals surface area contributed by atoms with Gasteiger partial charge in [-0.15, -0.1) is 11.6 Å². The summed E-state index contributed by atoms with van der Waals surface area (Å²) in [6.07, 6.45) is 0. The molecule has 0 saturated heterocycles. The van der Waals surface area contributed by atoms with Crippen LogP contribution >= 0.6 is 11.6 Å². The average Bonchev–Trinajstić information content (AvgIpc) is 2.27. The van der Waals surface area contributed by atoms with Crippen LogP contribution in [0.5, 0.6) is 0 Å². The fraction of sp³-hybridized carbons (Fsp3) is 0.222. The third kappa shape index (κ3) is 2.66. The Labute approximate surface area is 91.4 Å². The molecule has 0 N–H and O–H groups in total. The number of nitro benzene ring substituents is 1. The van der Waals surface area contributed by atoms with E-state index in [4.69, 9.17) is 11.6 Å². The lowest BCUT2D eigenvalue weighted by atomic mass is 10.2. The molecule has 0 unspecified atom stereocenters. The lowest BCUT2D eigenvalue weighted by molar-refractivity contribution is -0.384. The summed E-state index contributed by atoms with van der Waals surface area (Å²) in [5.41, 5.74) is 0.400. The minimum Gasteiger partial charge on any atom is -0.314 e. The quantitative estimate of drug-likeness (QED) is 0.450. The molecule has 0 aliphatic rings. The van der Waals surface area contributed by atoms with Gasteiger partial charge in [0.15, 0.2) is 0 Å². The molecule has 1 aromatic carbocycles. The van der Waals surface area contributed by atoms with Crippen LogP contribution in [-0.4, -0.2) is 23.8 Å². The van der Waals surface area contributed by atoms with E-state index >= 15 is 0 Å². The third-order valence-electron chi connectivity index (χ3n) is 1.92. The molecule has 0 heterocycles. The average molecular weight is 229 g/mol. The van der Waals surface area contributed by atoms with Crippen molar-refractivity contribution in [1.82, 2.24) is 0 Å². The van der Waals surface area contributed by atoms with E-state index in [2.05, 4.69) is 0 Å². The fourth-order valence-corrected chi connectivity index (χ4v) is 1.23. The van der Waals surface area contributed by atoms with E-state index in [1.165, 1.54) is 30.1 Å². The van der Waals surface area contributed by atoms with E-state index in [0.29, 0.717) is 5.69 Å². The monoisotopic (exact) mass is 228 g/mol. The van der Waals surface area contributed by atoms with Gasteiger partial charge in [-0.3, -0.25) is 14.9 Å². The number of nitrogens with zero attached hydrogens (tertiary/aromatic N) is 2. The number of carbonyl (C=O) groups excluding carboxylic acids is 1. The maximum Gasteiger partial charge on any atom is 0.271 e. The van der Waals surface area contributed by atoms with E-state index in [1.807, 2.05) is 0 Å². The standard InChI is InChI=1S/C9H9ClN2O3/c1-11(9(13)6-10)7-3-2-4-8(5-7)12(14)15/h2-5H,6H2,1H3. The number of halogens is 1. The molecule has 0 saturated carbocycles. The number of anilines is 1. The molecule has 0 aliphatic carbocycles. The maximum absolute atomic E-state index is 11.2. The van der Waals surface area contributed by atoms with Crippen molar-refractivity contribution in [3.8, 4) is 0 Å². The summed E-state index contributed by atoms with van der Waals surface area (Å²) < 4.78 is 0. The summed E-state index contributed by atoms with van der Waals surface area (Å²) in [5, 5.41) is 10.5. The van der Waals surface area contributed by atoms with Crippen LogP contribution in [0.25, 0.3) is 0 Å². The summed E-state index contributed by atoms with van der Waals surface area (Å²) in [5.74, 6) is -0.462. The van der Waals surface area contributed by atoms with Crippen molar-refractivity contribution in [3.05, 3.63) is 34.4 Å². The SMILES string of the molecule is CN(C(=O)CCl)c1cccc([N+](=O)[O-])c1. The van der Waals surface area contributed by atoms with Crippen LogP contribution in [0.15, 0.2) is 24.3 Å². The van der Waals surface area contributed by atoms with Crippen molar-refractivity contribution in [2.45, 2.75) is 0 Å². The Balaban J connectivity index is 3.00. The van der Waals surface area contributed by atoms with E-state index in [0.717, 1.165) is 0 Å². The second-order valence-corrected chi connectivity index (χ2v) is 3.13. The number of carbonyl (C=O) groups is 1. The van der Waals surface area contributed by atoms with Crippen molar-refractivity contribution in [2.75, 3.05) is 17.8 Å². The Hall–Kier alpha value is -1.62. The first-order chi connectivity index (χ1) is 7.06. The molecule has 80 valence electrons. The molecule has 6 heteroatoms. The number of benzene rings is 1. The Kier molecular flexibility index (Phi) is 3.62. The topological polar surface area (TPSA) is 63.5 Å². The summed E-state index contributed by atoms with van der Waals surface area (Å²) in [6, 6.07) is 5.82. The highest BCUT2D eigenvalue weighted by molar-refractivity contribution is 6.29. The largest absolute Gasteiger partial charge is 0.314 e. The van der Waals surface area contributed by atoms with Gasteiger partial charge in [-0.05, 0) is 6.07 Å². The van der Waals surface area contributed by atoms with Gasteiger partial charge in [-0.2, -0.15) is 0 Å². The number of hydrogen-bond donors (Lipinski definition) is 0. The Morgan fingerprint density at radius 3 is 2.80 bits per heavy atom. The van der Waals surface area contributed by atoms with E-state index in [1.54, 1.807) is 6.07 Å². The van der Waals surface area contributed by atoms with Crippen molar-refractivity contribution in [2.24, 2.45) is 0 Å². The summed E-state index contributed by atoms with van der Waals surface area (Å²) >= 11 is 5.37. The minimum atomic E-state index is -0.511. The van der Waals surface area contributed by atoms with Crippen molar-refractivity contribution in [3.63, 3.8) is 0 Å². The molecule has 5 nitrogen and oxygen atoms in total. The number of hydrogen-bond acceptors (Lipinski definition) is 3. The van der Waals surface area contributed by atoms with Gasteiger partial charge in [0.25, 0.3) is 5.69 Å². The summed E-state index contributed by atoms with van der Waals surface area (Å²) in [4.78, 5) is 22.5. The third-order valence-corrected chi connectivity index (χ3v) is 2.14. The first kappa shape index (κ1) is 11.5. The van der Waals surface area contributed by atoms with Gasteiger partial charge in [0, 0.05) is 19.2 Å². The van der Waals surface area contributed by atoms with Crippen LogP contribution in [0.3, 0.4) is 0 Å². The molecule has 1 aromatic rings. The van der Waals surface area contributed by atoms with Crippen LogP contribution in [0, 0.1) is 10.1 Å². The predicted octanol–water partition coefficient (Wildman–Crippen LogP) is 1.80. The first-order valence-electron chi connectivity index (χ1n) is 4.13. The molecule has 0 spiro atoms. The molecule has 15 heavy (non-hydrogen) atoms. The smallest absolute Gasteiger partial charge is 0.271 e. The lowest BCUT2D eigenvalue weighted by Crippen LogP contribution is -2.27. The molecular weight excluding hydrogens is 220 g/mol. The fourth-order valence-electron chi connectivity index (χ4n) is 1.05. The Morgan fingerprint density at radius 2 is 2.27 bits per heavy atom. The Morgan fingerprint density at radius 1 is 1.60 bits per heavy atom. The molecule has 0 fully saturated rings. The highest BCUT2D eigenvalue weighted by Crippen LogP contribution is 2.20. The molecule has 0 aromatic heterocycles. The van der Waals surface area contributed by atoms with Gasteiger partial charge in [0.2, 0.25) is 5.91 Å². The molecule has 0 bridgehead atoms. The van der Waals surface area contributed by atoms with Gasteiger partial charge < -0.3 is 4.90 Å².